The second-order valence-electron chi connectivity index (χ2n) is 4.76. The average molecular weight is 330 g/mol. The molecule has 0 saturated heterocycles. The predicted molar refractivity (Wildman–Crippen MR) is 81.6 cm³/mol. The minimum Gasteiger partial charge on any atom is -0.376 e. The molecule has 114 valence electrons. The van der Waals surface area contributed by atoms with E-state index in [-0.39, 0.29) is 33.0 Å². The lowest BCUT2D eigenvalue weighted by Gasteiger charge is -2.12. The fourth-order valence-corrected chi connectivity index (χ4v) is 3.23. The number of nitro benzene ring substituents is 1. The van der Waals surface area contributed by atoms with Crippen LogP contribution in [0.2, 0.25) is 0 Å². The maximum Gasteiger partial charge on any atom is 0.275 e. The minimum atomic E-state index is -3.81. The quantitative estimate of drug-likeness (QED) is 0.417. The van der Waals surface area contributed by atoms with Crippen molar-refractivity contribution in [3.8, 4) is 0 Å². The largest absolute Gasteiger partial charge is 0.376 e. The van der Waals surface area contributed by atoms with Crippen molar-refractivity contribution >= 4 is 38.7 Å². The molecule has 0 unspecified atom stereocenters. The Labute approximate surface area is 126 Å². The maximum atomic E-state index is 12.2. The zero-order valence-electron chi connectivity index (χ0n) is 11.1. The van der Waals surface area contributed by atoms with Crippen LogP contribution in [0.3, 0.4) is 0 Å². The van der Waals surface area contributed by atoms with Gasteiger partial charge >= 0.3 is 0 Å². The summed E-state index contributed by atoms with van der Waals surface area (Å²) in [6.07, 6.45) is 1.54. The van der Waals surface area contributed by atoms with Crippen LogP contribution in [-0.2, 0) is 10.0 Å². The van der Waals surface area contributed by atoms with E-state index in [0.29, 0.717) is 0 Å². The summed E-state index contributed by atoms with van der Waals surface area (Å²) in [4.78, 5) is 10.2. The first kappa shape index (κ1) is 15.6. The second kappa shape index (κ2) is 5.54. The molecule has 0 radical (unpaired) electrons. The number of benzene rings is 1. The molecule has 0 aliphatic heterocycles. The van der Waals surface area contributed by atoms with Crippen molar-refractivity contribution in [2.75, 3.05) is 5.32 Å². The van der Waals surface area contributed by atoms with Crippen molar-refractivity contribution < 1.29 is 13.3 Å². The van der Waals surface area contributed by atoms with Crippen LogP contribution in [0, 0.1) is 17.0 Å². The van der Waals surface area contributed by atoms with E-state index in [4.69, 9.17) is 18.0 Å². The van der Waals surface area contributed by atoms with Crippen molar-refractivity contribution in [1.82, 2.24) is 4.72 Å². The molecule has 8 nitrogen and oxygen atoms in total. The third-order valence-corrected chi connectivity index (χ3v) is 4.62. The number of nitrogens with zero attached hydrogens (tertiary/aromatic N) is 1. The number of nitro groups is 1. The molecule has 4 N–H and O–H groups in total. The number of anilines is 1. The van der Waals surface area contributed by atoms with Gasteiger partial charge in [-0.15, -0.1) is 0 Å². The molecule has 0 heterocycles. The molecule has 1 aliphatic carbocycles. The van der Waals surface area contributed by atoms with E-state index >= 15 is 0 Å². The summed E-state index contributed by atoms with van der Waals surface area (Å²) in [6.45, 7) is 1.49. The fraction of sp³-hybridized carbons (Fsp3) is 0.364. The molecular weight excluding hydrogens is 316 g/mol. The van der Waals surface area contributed by atoms with Gasteiger partial charge in [0.15, 0.2) is 5.11 Å². The van der Waals surface area contributed by atoms with Gasteiger partial charge in [0.25, 0.3) is 5.69 Å². The van der Waals surface area contributed by atoms with Crippen molar-refractivity contribution in [2.24, 2.45) is 5.73 Å². The Hall–Kier alpha value is -1.78. The Morgan fingerprint density at radius 1 is 1.48 bits per heavy atom. The third-order valence-electron chi connectivity index (χ3n) is 3.02. The number of nitrogens with two attached hydrogens (primary N) is 1. The van der Waals surface area contributed by atoms with Gasteiger partial charge in [0.05, 0.1) is 21.1 Å². The summed E-state index contributed by atoms with van der Waals surface area (Å²) in [6, 6.07) is 2.22. The third kappa shape index (κ3) is 3.65. The summed E-state index contributed by atoms with van der Waals surface area (Å²) >= 11 is 4.69. The lowest BCUT2D eigenvalue weighted by molar-refractivity contribution is -0.385. The smallest absolute Gasteiger partial charge is 0.275 e. The summed E-state index contributed by atoms with van der Waals surface area (Å²) < 4.78 is 26.8. The van der Waals surface area contributed by atoms with Crippen molar-refractivity contribution in [2.45, 2.75) is 30.7 Å². The number of sulfonamides is 1. The lowest BCUT2D eigenvalue weighted by Crippen LogP contribution is -2.26. The highest BCUT2D eigenvalue weighted by Crippen LogP contribution is 2.31. The van der Waals surface area contributed by atoms with Crippen LogP contribution >= 0.6 is 12.2 Å². The van der Waals surface area contributed by atoms with E-state index in [1.165, 1.54) is 13.0 Å². The van der Waals surface area contributed by atoms with Gasteiger partial charge in [-0.1, -0.05) is 0 Å². The first-order valence-corrected chi connectivity index (χ1v) is 7.97. The molecule has 1 aliphatic rings. The maximum absolute atomic E-state index is 12.2. The van der Waals surface area contributed by atoms with Crippen molar-refractivity contribution in [3.63, 3.8) is 0 Å². The van der Waals surface area contributed by atoms with Gasteiger partial charge in [-0.2, -0.15) is 0 Å². The van der Waals surface area contributed by atoms with E-state index in [1.807, 2.05) is 0 Å². The first-order valence-electron chi connectivity index (χ1n) is 6.08. The lowest BCUT2D eigenvalue weighted by atomic mass is 10.1. The molecule has 1 aromatic carbocycles. The molecule has 1 aromatic rings. The predicted octanol–water partition coefficient (Wildman–Crippen LogP) is 0.999. The zero-order valence-corrected chi connectivity index (χ0v) is 12.8. The van der Waals surface area contributed by atoms with Crippen LogP contribution in [-0.4, -0.2) is 24.5 Å². The number of hydrogen-bond donors (Lipinski definition) is 3. The van der Waals surface area contributed by atoms with Crippen LogP contribution < -0.4 is 15.8 Å². The molecule has 10 heteroatoms. The Morgan fingerprint density at radius 2 is 2.10 bits per heavy atom. The Kier molecular flexibility index (Phi) is 4.12. The van der Waals surface area contributed by atoms with Crippen LogP contribution in [0.1, 0.15) is 18.4 Å². The number of thiocarbonyl (C=S) groups is 1. The normalized spacial score (nSPS) is 14.7. The van der Waals surface area contributed by atoms with Gasteiger partial charge in [-0.25, -0.2) is 13.1 Å². The highest BCUT2D eigenvalue weighted by atomic mass is 32.2. The SMILES string of the molecule is Cc1c(NC(N)=S)cc(S(=O)(=O)NC2CC2)cc1[N+](=O)[O-]. The summed E-state index contributed by atoms with van der Waals surface area (Å²) in [5.74, 6) is 0. The van der Waals surface area contributed by atoms with E-state index in [2.05, 4.69) is 10.0 Å². The summed E-state index contributed by atoms with van der Waals surface area (Å²) in [7, 11) is -3.81. The van der Waals surface area contributed by atoms with Crippen LogP contribution in [0.5, 0.6) is 0 Å². The standard InChI is InChI=1S/C11H14N4O4S2/c1-6-9(13-11(12)20)4-8(5-10(6)15(16)17)21(18,19)14-7-2-3-7/h4-5,7,14H,2-3H2,1H3,(H3,12,13,20). The Bertz CT molecular complexity index is 713. The molecule has 0 atom stereocenters. The van der Waals surface area contributed by atoms with Gasteiger partial charge in [0.2, 0.25) is 10.0 Å². The van der Waals surface area contributed by atoms with Gasteiger partial charge in [0.1, 0.15) is 0 Å². The van der Waals surface area contributed by atoms with Gasteiger partial charge in [-0.05, 0) is 38.0 Å². The van der Waals surface area contributed by atoms with Crippen molar-refractivity contribution in [3.05, 3.63) is 27.8 Å². The first-order chi connectivity index (χ1) is 9.70. The summed E-state index contributed by atoms with van der Waals surface area (Å²) in [5.41, 5.74) is 5.51. The van der Waals surface area contributed by atoms with E-state index < -0.39 is 14.9 Å². The van der Waals surface area contributed by atoms with Gasteiger partial charge in [-0.3, -0.25) is 10.1 Å². The molecule has 0 spiro atoms. The minimum absolute atomic E-state index is 0.0950. The fourth-order valence-electron chi connectivity index (χ4n) is 1.77. The molecule has 1 fully saturated rings. The topological polar surface area (TPSA) is 127 Å². The molecule has 0 bridgehead atoms. The zero-order chi connectivity index (χ0) is 15.8. The van der Waals surface area contributed by atoms with Gasteiger partial charge in [0, 0.05) is 12.1 Å². The number of hydrogen-bond acceptors (Lipinski definition) is 5. The second-order valence-corrected chi connectivity index (χ2v) is 6.91. The van der Waals surface area contributed by atoms with Crippen molar-refractivity contribution in [1.29, 1.82) is 0 Å². The van der Waals surface area contributed by atoms with Crippen LogP contribution in [0.25, 0.3) is 0 Å². The molecule has 2 rings (SSSR count). The highest BCUT2D eigenvalue weighted by molar-refractivity contribution is 7.89. The van der Waals surface area contributed by atoms with Gasteiger partial charge < -0.3 is 11.1 Å². The van der Waals surface area contributed by atoms with E-state index in [9.17, 15) is 18.5 Å². The van der Waals surface area contributed by atoms with Crippen LogP contribution in [0.15, 0.2) is 17.0 Å². The number of rotatable bonds is 5. The van der Waals surface area contributed by atoms with Crippen LogP contribution in [0.4, 0.5) is 11.4 Å². The van der Waals surface area contributed by atoms with E-state index in [0.717, 1.165) is 18.9 Å². The average Bonchev–Trinajstić information content (AvgIpc) is 3.13. The van der Waals surface area contributed by atoms with E-state index in [1.54, 1.807) is 0 Å². The Morgan fingerprint density at radius 3 is 2.57 bits per heavy atom. The molecule has 21 heavy (non-hydrogen) atoms. The number of nitrogens with one attached hydrogen (secondary N) is 2. The molecular formula is C11H14N4O4S2. The monoisotopic (exact) mass is 330 g/mol. The Balaban J connectivity index is 2.52. The molecule has 0 aromatic heterocycles. The highest BCUT2D eigenvalue weighted by Gasteiger charge is 2.30. The molecule has 1 saturated carbocycles. The summed E-state index contributed by atoms with van der Waals surface area (Å²) in [5, 5.41) is 13.5. The molecule has 0 amide bonds.